The van der Waals surface area contributed by atoms with E-state index < -0.39 is 0 Å². The highest BCUT2D eigenvalue weighted by atomic mass is 16.5. The van der Waals surface area contributed by atoms with Gasteiger partial charge >= 0.3 is 0 Å². The summed E-state index contributed by atoms with van der Waals surface area (Å²) >= 11 is 0. The molecule has 2 unspecified atom stereocenters. The van der Waals surface area contributed by atoms with E-state index in [1.807, 2.05) is 24.3 Å². The molecule has 1 aliphatic heterocycles. The second-order valence-corrected chi connectivity index (χ2v) is 6.53. The summed E-state index contributed by atoms with van der Waals surface area (Å²) in [6.07, 6.45) is 4.89. The fraction of sp³-hybridized carbons (Fsp3) is 0.429. The fourth-order valence-corrected chi connectivity index (χ4v) is 3.48. The normalized spacial score (nSPS) is 19.7. The van der Waals surface area contributed by atoms with Gasteiger partial charge in [-0.1, -0.05) is 48.9 Å². The number of rotatable bonds is 6. The molecule has 1 aliphatic rings. The summed E-state index contributed by atoms with van der Waals surface area (Å²) < 4.78 is 11.9. The van der Waals surface area contributed by atoms with Crippen LogP contribution < -0.4 is 9.47 Å². The van der Waals surface area contributed by atoms with Crippen molar-refractivity contribution in [2.24, 2.45) is 0 Å². The van der Waals surface area contributed by atoms with Gasteiger partial charge in [0, 0.05) is 12.5 Å². The zero-order valence-corrected chi connectivity index (χ0v) is 14.7. The lowest BCUT2D eigenvalue weighted by Gasteiger charge is -2.35. The van der Waals surface area contributed by atoms with Crippen LogP contribution in [0.2, 0.25) is 0 Å². The first kappa shape index (κ1) is 16.8. The Balaban J connectivity index is 1.82. The Bertz CT molecular complexity index is 629. The molecule has 2 atom stereocenters. The van der Waals surface area contributed by atoms with Crippen LogP contribution in [-0.2, 0) is 0 Å². The second kappa shape index (κ2) is 8.20. The summed E-state index contributed by atoms with van der Waals surface area (Å²) in [5.74, 6) is 1.60. The topological polar surface area (TPSA) is 21.7 Å². The largest absolute Gasteiger partial charge is 0.493 e. The van der Waals surface area contributed by atoms with Crippen LogP contribution in [0.15, 0.2) is 54.6 Å². The molecule has 3 heteroatoms. The molecule has 0 bridgehead atoms. The SMILES string of the molecule is COc1ccccc1OC(CC1CCCCN1C)c1ccccc1. The van der Waals surface area contributed by atoms with Gasteiger partial charge in [-0.15, -0.1) is 0 Å². The average molecular weight is 325 g/mol. The van der Waals surface area contributed by atoms with Crippen LogP contribution in [0.5, 0.6) is 11.5 Å². The smallest absolute Gasteiger partial charge is 0.162 e. The number of para-hydroxylation sites is 2. The first-order chi connectivity index (χ1) is 11.8. The Hall–Kier alpha value is -2.00. The summed E-state index contributed by atoms with van der Waals surface area (Å²) in [5.41, 5.74) is 1.22. The summed E-state index contributed by atoms with van der Waals surface area (Å²) in [4.78, 5) is 2.48. The Labute approximate surface area is 145 Å². The average Bonchev–Trinajstić information content (AvgIpc) is 2.64. The van der Waals surface area contributed by atoms with E-state index in [0.717, 1.165) is 17.9 Å². The van der Waals surface area contributed by atoms with Crippen LogP contribution >= 0.6 is 0 Å². The van der Waals surface area contributed by atoms with Crippen LogP contribution in [0.25, 0.3) is 0 Å². The lowest BCUT2D eigenvalue weighted by atomic mass is 9.94. The monoisotopic (exact) mass is 325 g/mol. The van der Waals surface area contributed by atoms with Gasteiger partial charge in [-0.25, -0.2) is 0 Å². The van der Waals surface area contributed by atoms with Gasteiger partial charge < -0.3 is 14.4 Å². The number of methoxy groups -OCH3 is 1. The van der Waals surface area contributed by atoms with Gasteiger partial charge in [0.05, 0.1) is 7.11 Å². The van der Waals surface area contributed by atoms with Crippen molar-refractivity contribution in [3.8, 4) is 11.5 Å². The molecule has 2 aromatic rings. The number of hydrogen-bond acceptors (Lipinski definition) is 3. The first-order valence-electron chi connectivity index (χ1n) is 8.83. The predicted molar refractivity (Wildman–Crippen MR) is 97.7 cm³/mol. The van der Waals surface area contributed by atoms with Gasteiger partial charge in [-0.2, -0.15) is 0 Å². The lowest BCUT2D eigenvalue weighted by molar-refractivity contribution is 0.107. The number of benzene rings is 2. The molecule has 128 valence electrons. The third kappa shape index (κ3) is 4.09. The Kier molecular flexibility index (Phi) is 5.76. The van der Waals surface area contributed by atoms with Gasteiger partial charge in [0.15, 0.2) is 11.5 Å². The van der Waals surface area contributed by atoms with E-state index in [-0.39, 0.29) is 6.10 Å². The molecule has 0 N–H and O–H groups in total. The maximum atomic E-state index is 6.42. The molecule has 0 spiro atoms. The number of likely N-dealkylation sites (tertiary alicyclic amines) is 1. The molecule has 24 heavy (non-hydrogen) atoms. The highest BCUT2D eigenvalue weighted by Crippen LogP contribution is 2.34. The second-order valence-electron chi connectivity index (χ2n) is 6.53. The van der Waals surface area contributed by atoms with Crippen LogP contribution in [0.3, 0.4) is 0 Å². The van der Waals surface area contributed by atoms with Crippen molar-refractivity contribution >= 4 is 0 Å². The summed E-state index contributed by atoms with van der Waals surface area (Å²) in [5, 5.41) is 0. The number of piperidine rings is 1. The predicted octanol–water partition coefficient (Wildman–Crippen LogP) is 4.69. The molecule has 0 saturated carbocycles. The van der Waals surface area contributed by atoms with Gasteiger partial charge in [0.25, 0.3) is 0 Å². The summed E-state index contributed by atoms with van der Waals surface area (Å²) in [6, 6.07) is 19.0. The molecule has 0 aliphatic carbocycles. The van der Waals surface area contributed by atoms with Crippen LogP contribution in [-0.4, -0.2) is 31.6 Å². The Morgan fingerprint density at radius 3 is 2.42 bits per heavy atom. The van der Waals surface area contributed by atoms with E-state index in [1.165, 1.54) is 31.4 Å². The van der Waals surface area contributed by atoms with E-state index in [2.05, 4.69) is 42.3 Å². The van der Waals surface area contributed by atoms with Gasteiger partial charge in [-0.3, -0.25) is 0 Å². The van der Waals surface area contributed by atoms with Crippen molar-refractivity contribution < 1.29 is 9.47 Å². The van der Waals surface area contributed by atoms with Gasteiger partial charge in [0.2, 0.25) is 0 Å². The van der Waals surface area contributed by atoms with Crippen LogP contribution in [0.1, 0.15) is 37.4 Å². The Morgan fingerprint density at radius 2 is 1.71 bits per heavy atom. The highest BCUT2D eigenvalue weighted by molar-refractivity contribution is 5.40. The molecule has 3 nitrogen and oxygen atoms in total. The molecule has 0 aromatic heterocycles. The van der Waals surface area contributed by atoms with Crippen molar-refractivity contribution in [2.75, 3.05) is 20.7 Å². The molecule has 0 radical (unpaired) electrons. The van der Waals surface area contributed by atoms with E-state index in [0.29, 0.717) is 6.04 Å². The maximum absolute atomic E-state index is 6.42. The fourth-order valence-electron chi connectivity index (χ4n) is 3.48. The lowest BCUT2D eigenvalue weighted by Crippen LogP contribution is -2.37. The van der Waals surface area contributed by atoms with Crippen molar-refractivity contribution in [3.05, 3.63) is 60.2 Å². The van der Waals surface area contributed by atoms with Gasteiger partial charge in [0.1, 0.15) is 6.10 Å². The maximum Gasteiger partial charge on any atom is 0.162 e. The van der Waals surface area contributed by atoms with Crippen LogP contribution in [0.4, 0.5) is 0 Å². The zero-order valence-electron chi connectivity index (χ0n) is 14.7. The molecule has 3 rings (SSSR count). The Morgan fingerprint density at radius 1 is 1.00 bits per heavy atom. The van der Waals surface area contributed by atoms with Gasteiger partial charge in [-0.05, 0) is 44.1 Å². The third-order valence-electron chi connectivity index (χ3n) is 4.92. The third-order valence-corrected chi connectivity index (χ3v) is 4.92. The first-order valence-corrected chi connectivity index (χ1v) is 8.83. The molecule has 2 aromatic carbocycles. The minimum absolute atomic E-state index is 0.0352. The van der Waals surface area contributed by atoms with Crippen molar-refractivity contribution in [1.29, 1.82) is 0 Å². The van der Waals surface area contributed by atoms with Crippen molar-refractivity contribution in [2.45, 2.75) is 37.8 Å². The van der Waals surface area contributed by atoms with E-state index >= 15 is 0 Å². The van der Waals surface area contributed by atoms with Crippen molar-refractivity contribution in [3.63, 3.8) is 0 Å². The molecule has 1 saturated heterocycles. The molecule has 1 heterocycles. The minimum Gasteiger partial charge on any atom is -0.493 e. The standard InChI is InChI=1S/C21H27NO2/c1-22-15-9-8-12-18(22)16-21(17-10-4-3-5-11-17)24-20-14-7-6-13-19(20)23-2/h3-7,10-11,13-14,18,21H,8-9,12,15-16H2,1-2H3. The van der Waals surface area contributed by atoms with Crippen LogP contribution in [0, 0.1) is 0 Å². The molecule has 0 amide bonds. The number of ether oxygens (including phenoxy) is 2. The van der Waals surface area contributed by atoms with E-state index in [9.17, 15) is 0 Å². The summed E-state index contributed by atoms with van der Waals surface area (Å²) in [6.45, 7) is 1.18. The highest BCUT2D eigenvalue weighted by Gasteiger charge is 2.25. The molecular formula is C21H27NO2. The molecule has 1 fully saturated rings. The van der Waals surface area contributed by atoms with E-state index in [1.54, 1.807) is 7.11 Å². The van der Waals surface area contributed by atoms with Crippen molar-refractivity contribution in [1.82, 2.24) is 4.90 Å². The summed E-state index contributed by atoms with van der Waals surface area (Å²) in [7, 11) is 3.92. The quantitative estimate of drug-likeness (QED) is 0.769. The zero-order chi connectivity index (χ0) is 16.8. The number of nitrogens with zero attached hydrogens (tertiary/aromatic N) is 1. The number of hydrogen-bond donors (Lipinski definition) is 0. The minimum atomic E-state index is 0.0352. The molecular weight excluding hydrogens is 298 g/mol. The van der Waals surface area contributed by atoms with E-state index in [4.69, 9.17) is 9.47 Å².